The van der Waals surface area contributed by atoms with Gasteiger partial charge in [0.15, 0.2) is 0 Å². The van der Waals surface area contributed by atoms with E-state index in [4.69, 9.17) is 0 Å². The number of hydrogen-bond acceptors (Lipinski definition) is 4. The van der Waals surface area contributed by atoms with Gasteiger partial charge in [-0.25, -0.2) is 9.97 Å². The van der Waals surface area contributed by atoms with Crippen molar-refractivity contribution in [1.82, 2.24) is 15.3 Å². The number of nitrogens with one attached hydrogen (secondary N) is 2. The first-order chi connectivity index (χ1) is 10.8. The van der Waals surface area contributed by atoms with Crippen LogP contribution < -0.4 is 10.6 Å². The molecule has 1 aromatic heterocycles. The highest BCUT2D eigenvalue weighted by molar-refractivity contribution is 5.91. The average molecular weight is 298 g/mol. The summed E-state index contributed by atoms with van der Waals surface area (Å²) in [5, 5.41) is 6.03. The van der Waals surface area contributed by atoms with Crippen LogP contribution in [0.15, 0.2) is 42.7 Å². The van der Waals surface area contributed by atoms with E-state index in [1.807, 2.05) is 18.2 Å². The van der Waals surface area contributed by atoms with Crippen molar-refractivity contribution in [2.45, 2.75) is 26.2 Å². The van der Waals surface area contributed by atoms with Crippen LogP contribution in [-0.2, 0) is 6.42 Å². The van der Waals surface area contributed by atoms with E-state index in [0.717, 1.165) is 25.8 Å². The summed E-state index contributed by atoms with van der Waals surface area (Å²) >= 11 is 0. The first-order valence-electron chi connectivity index (χ1n) is 7.67. The van der Waals surface area contributed by atoms with E-state index in [1.54, 1.807) is 6.20 Å². The molecule has 0 spiro atoms. The maximum absolute atomic E-state index is 11.8. The van der Waals surface area contributed by atoms with Gasteiger partial charge in [0.05, 0.1) is 12.4 Å². The molecule has 116 valence electrons. The molecule has 2 aromatic rings. The molecule has 0 saturated carbocycles. The molecular weight excluding hydrogens is 276 g/mol. The quantitative estimate of drug-likeness (QED) is 0.735. The summed E-state index contributed by atoms with van der Waals surface area (Å²) in [7, 11) is 0. The minimum Gasteiger partial charge on any atom is -0.368 e. The van der Waals surface area contributed by atoms with Crippen LogP contribution in [0.2, 0.25) is 0 Å². The molecule has 0 unspecified atom stereocenters. The fraction of sp³-hybridized carbons (Fsp3) is 0.353. The van der Waals surface area contributed by atoms with Crippen molar-refractivity contribution in [3.63, 3.8) is 0 Å². The zero-order valence-corrected chi connectivity index (χ0v) is 12.9. The van der Waals surface area contributed by atoms with Gasteiger partial charge in [-0.05, 0) is 18.4 Å². The van der Waals surface area contributed by atoms with E-state index in [1.165, 1.54) is 11.8 Å². The summed E-state index contributed by atoms with van der Waals surface area (Å²) < 4.78 is 0. The van der Waals surface area contributed by atoms with Crippen molar-refractivity contribution in [2.75, 3.05) is 18.4 Å². The highest BCUT2D eigenvalue weighted by Crippen LogP contribution is 2.03. The largest absolute Gasteiger partial charge is 0.368 e. The molecule has 2 rings (SSSR count). The second-order valence-corrected chi connectivity index (χ2v) is 5.06. The molecule has 0 aliphatic heterocycles. The van der Waals surface area contributed by atoms with Crippen LogP contribution >= 0.6 is 0 Å². The van der Waals surface area contributed by atoms with Crippen molar-refractivity contribution in [2.24, 2.45) is 0 Å². The van der Waals surface area contributed by atoms with Crippen LogP contribution in [0.1, 0.15) is 35.8 Å². The predicted octanol–water partition coefficient (Wildman–Crippen LogP) is 2.66. The fourth-order valence-electron chi connectivity index (χ4n) is 1.99. The molecule has 0 radical (unpaired) electrons. The van der Waals surface area contributed by atoms with E-state index in [2.05, 4.69) is 39.7 Å². The molecule has 5 heteroatoms. The van der Waals surface area contributed by atoms with E-state index in [-0.39, 0.29) is 5.91 Å². The van der Waals surface area contributed by atoms with Crippen molar-refractivity contribution in [1.29, 1.82) is 0 Å². The molecule has 0 saturated heterocycles. The number of carbonyl (C=O) groups is 1. The maximum atomic E-state index is 11.8. The third kappa shape index (κ3) is 5.16. The summed E-state index contributed by atoms with van der Waals surface area (Å²) in [6.07, 6.45) is 6.04. The lowest BCUT2D eigenvalue weighted by Gasteiger charge is -2.06. The van der Waals surface area contributed by atoms with Crippen LogP contribution in [0.3, 0.4) is 0 Å². The molecule has 1 amide bonds. The Labute approximate surface area is 131 Å². The van der Waals surface area contributed by atoms with Crippen molar-refractivity contribution in [3.05, 3.63) is 54.0 Å². The molecule has 2 N–H and O–H groups in total. The minimum atomic E-state index is -0.170. The predicted molar refractivity (Wildman–Crippen MR) is 87.9 cm³/mol. The second kappa shape index (κ2) is 8.77. The Kier molecular flexibility index (Phi) is 6.36. The standard InChI is InChI=1S/C17H22N4O/c1-2-3-10-19-17(22)15-12-21-16(13-20-15)18-11-9-14-7-5-4-6-8-14/h4-8,12-13H,2-3,9-11H2,1H3,(H,18,21)(H,19,22). The van der Waals surface area contributed by atoms with E-state index in [9.17, 15) is 4.79 Å². The molecule has 0 fully saturated rings. The van der Waals surface area contributed by atoms with Crippen molar-refractivity contribution in [3.8, 4) is 0 Å². The van der Waals surface area contributed by atoms with Gasteiger partial charge in [-0.15, -0.1) is 0 Å². The number of nitrogens with zero attached hydrogens (tertiary/aromatic N) is 2. The molecule has 0 bridgehead atoms. The fourth-order valence-corrected chi connectivity index (χ4v) is 1.99. The summed E-state index contributed by atoms with van der Waals surface area (Å²) in [4.78, 5) is 20.2. The minimum absolute atomic E-state index is 0.170. The number of unbranched alkanes of at least 4 members (excludes halogenated alkanes) is 1. The number of anilines is 1. The first-order valence-corrected chi connectivity index (χ1v) is 7.67. The summed E-state index contributed by atoms with van der Waals surface area (Å²) in [5.41, 5.74) is 1.62. The lowest BCUT2D eigenvalue weighted by atomic mass is 10.1. The van der Waals surface area contributed by atoms with Crippen molar-refractivity contribution >= 4 is 11.7 Å². The van der Waals surface area contributed by atoms with Crippen LogP contribution in [0, 0.1) is 0 Å². The Hall–Kier alpha value is -2.43. The number of amides is 1. The Bertz CT molecular complexity index is 569. The molecule has 1 aromatic carbocycles. The van der Waals surface area contributed by atoms with Crippen molar-refractivity contribution < 1.29 is 4.79 Å². The van der Waals surface area contributed by atoms with E-state index >= 15 is 0 Å². The molecule has 0 atom stereocenters. The van der Waals surface area contributed by atoms with Gasteiger partial charge in [0, 0.05) is 13.1 Å². The smallest absolute Gasteiger partial charge is 0.271 e. The molecular formula is C17H22N4O. The van der Waals surface area contributed by atoms with Gasteiger partial charge in [-0.3, -0.25) is 4.79 Å². The second-order valence-electron chi connectivity index (χ2n) is 5.06. The SMILES string of the molecule is CCCCNC(=O)c1cnc(NCCc2ccccc2)cn1. The van der Waals surface area contributed by atoms with Crippen LogP contribution in [-0.4, -0.2) is 29.0 Å². The Morgan fingerprint density at radius 1 is 1.09 bits per heavy atom. The number of benzene rings is 1. The average Bonchev–Trinajstić information content (AvgIpc) is 2.56. The van der Waals surface area contributed by atoms with Gasteiger partial charge in [-0.2, -0.15) is 0 Å². The zero-order chi connectivity index (χ0) is 15.6. The molecule has 0 aliphatic carbocycles. The van der Waals surface area contributed by atoms with E-state index < -0.39 is 0 Å². The van der Waals surface area contributed by atoms with Gasteiger partial charge >= 0.3 is 0 Å². The third-order valence-electron chi connectivity index (χ3n) is 3.26. The van der Waals surface area contributed by atoms with Crippen LogP contribution in [0.4, 0.5) is 5.82 Å². The highest BCUT2D eigenvalue weighted by atomic mass is 16.1. The first kappa shape index (κ1) is 15.9. The summed E-state index contributed by atoms with van der Waals surface area (Å²) in [5.74, 6) is 0.512. The lowest BCUT2D eigenvalue weighted by molar-refractivity contribution is 0.0948. The monoisotopic (exact) mass is 298 g/mol. The van der Waals surface area contributed by atoms with Crippen LogP contribution in [0.25, 0.3) is 0 Å². The van der Waals surface area contributed by atoms with Gasteiger partial charge in [0.1, 0.15) is 11.5 Å². The van der Waals surface area contributed by atoms with Gasteiger partial charge < -0.3 is 10.6 Å². The lowest BCUT2D eigenvalue weighted by Crippen LogP contribution is -2.25. The molecule has 5 nitrogen and oxygen atoms in total. The highest BCUT2D eigenvalue weighted by Gasteiger charge is 2.06. The number of aromatic nitrogens is 2. The maximum Gasteiger partial charge on any atom is 0.271 e. The Morgan fingerprint density at radius 2 is 1.91 bits per heavy atom. The molecule has 1 heterocycles. The Balaban J connectivity index is 1.78. The number of rotatable bonds is 8. The van der Waals surface area contributed by atoms with Gasteiger partial charge in [0.25, 0.3) is 5.91 Å². The summed E-state index contributed by atoms with van der Waals surface area (Å²) in [6, 6.07) is 10.3. The number of hydrogen-bond donors (Lipinski definition) is 2. The molecule has 22 heavy (non-hydrogen) atoms. The molecule has 0 aliphatic rings. The van der Waals surface area contributed by atoms with Crippen LogP contribution in [0.5, 0.6) is 0 Å². The topological polar surface area (TPSA) is 66.9 Å². The summed E-state index contributed by atoms with van der Waals surface area (Å²) in [6.45, 7) is 3.54. The van der Waals surface area contributed by atoms with Gasteiger partial charge in [0.2, 0.25) is 0 Å². The number of carbonyl (C=O) groups excluding carboxylic acids is 1. The Morgan fingerprint density at radius 3 is 2.59 bits per heavy atom. The van der Waals surface area contributed by atoms with E-state index in [0.29, 0.717) is 18.1 Å². The normalized spacial score (nSPS) is 10.2. The third-order valence-corrected chi connectivity index (χ3v) is 3.26. The zero-order valence-electron chi connectivity index (χ0n) is 12.9. The van der Waals surface area contributed by atoms with Gasteiger partial charge in [-0.1, -0.05) is 43.7 Å².